The molecule has 0 spiro atoms. The molecule has 0 radical (unpaired) electrons. The smallest absolute Gasteiger partial charge is 0.306 e. The molecule has 8 heteroatoms. The van der Waals surface area contributed by atoms with Crippen molar-refractivity contribution in [2.75, 3.05) is 24.7 Å². The van der Waals surface area contributed by atoms with Gasteiger partial charge in [0.05, 0.1) is 6.61 Å². The van der Waals surface area contributed by atoms with Crippen LogP contribution in [0.2, 0.25) is 5.02 Å². The van der Waals surface area contributed by atoms with Crippen molar-refractivity contribution in [1.82, 2.24) is 0 Å². The fraction of sp³-hybridized carbons (Fsp3) is 0.318. The molecule has 0 fully saturated rings. The second kappa shape index (κ2) is 11.8. The lowest BCUT2D eigenvalue weighted by molar-refractivity contribution is -0.148. The van der Waals surface area contributed by atoms with Crippen molar-refractivity contribution in [3.63, 3.8) is 0 Å². The van der Waals surface area contributed by atoms with Gasteiger partial charge in [0.1, 0.15) is 5.75 Å². The maximum atomic E-state index is 12.5. The number of hydrogen-bond acceptors (Lipinski definition) is 5. The molecule has 0 bridgehead atoms. The van der Waals surface area contributed by atoms with Crippen LogP contribution in [0.25, 0.3) is 0 Å². The molecular formula is C22H25ClN2O5. The quantitative estimate of drug-likeness (QED) is 0.434. The van der Waals surface area contributed by atoms with Gasteiger partial charge in [-0.15, -0.1) is 0 Å². The lowest BCUT2D eigenvalue weighted by Crippen LogP contribution is -2.37. The van der Waals surface area contributed by atoms with Crippen molar-refractivity contribution in [2.24, 2.45) is 5.73 Å². The zero-order chi connectivity index (χ0) is 21.9. The average Bonchev–Trinajstić information content (AvgIpc) is 2.73. The van der Waals surface area contributed by atoms with E-state index in [1.165, 1.54) is 4.90 Å². The van der Waals surface area contributed by atoms with Gasteiger partial charge in [0.25, 0.3) is 5.91 Å². The molecule has 2 N–H and O–H groups in total. The topological polar surface area (TPSA) is 98.9 Å². The molecular weight excluding hydrogens is 408 g/mol. The first kappa shape index (κ1) is 23.2. The van der Waals surface area contributed by atoms with Crippen LogP contribution in [0.4, 0.5) is 5.69 Å². The third-order valence-electron chi connectivity index (χ3n) is 4.23. The molecule has 2 aromatic rings. The summed E-state index contributed by atoms with van der Waals surface area (Å²) >= 11 is 5.97. The number of primary amides is 1. The van der Waals surface area contributed by atoms with E-state index in [0.717, 1.165) is 5.56 Å². The van der Waals surface area contributed by atoms with Gasteiger partial charge in [0.15, 0.2) is 6.61 Å². The van der Waals surface area contributed by atoms with E-state index in [9.17, 15) is 14.4 Å². The predicted octanol–water partition coefficient (Wildman–Crippen LogP) is 3.26. The number of carbonyl (C=O) groups excluding carboxylic acids is 3. The highest BCUT2D eigenvalue weighted by Gasteiger charge is 2.18. The second-order valence-electron chi connectivity index (χ2n) is 6.62. The fourth-order valence-electron chi connectivity index (χ4n) is 2.63. The van der Waals surface area contributed by atoms with Gasteiger partial charge >= 0.3 is 5.97 Å². The molecule has 7 nitrogen and oxygen atoms in total. The number of carbonyl (C=O) groups is 3. The monoisotopic (exact) mass is 432 g/mol. The summed E-state index contributed by atoms with van der Waals surface area (Å²) in [7, 11) is 0. The van der Waals surface area contributed by atoms with Gasteiger partial charge in [0, 0.05) is 30.1 Å². The summed E-state index contributed by atoms with van der Waals surface area (Å²) in [5.41, 5.74) is 6.70. The van der Waals surface area contributed by atoms with Crippen molar-refractivity contribution in [3.05, 3.63) is 59.1 Å². The van der Waals surface area contributed by atoms with E-state index < -0.39 is 24.4 Å². The Morgan fingerprint density at radius 2 is 1.80 bits per heavy atom. The molecule has 0 aliphatic heterocycles. The number of rotatable bonds is 11. The van der Waals surface area contributed by atoms with Crippen LogP contribution in [-0.2, 0) is 19.1 Å². The minimum Gasteiger partial charge on any atom is -0.494 e. The third kappa shape index (κ3) is 7.75. The summed E-state index contributed by atoms with van der Waals surface area (Å²) in [6, 6.07) is 14.2. The Morgan fingerprint density at radius 1 is 1.07 bits per heavy atom. The average molecular weight is 433 g/mol. The number of anilines is 1. The highest BCUT2D eigenvalue weighted by molar-refractivity contribution is 6.31. The number of ether oxygens (including phenoxy) is 2. The van der Waals surface area contributed by atoms with E-state index in [-0.39, 0.29) is 19.4 Å². The second-order valence-corrected chi connectivity index (χ2v) is 7.03. The maximum absolute atomic E-state index is 12.5. The molecule has 0 saturated heterocycles. The van der Waals surface area contributed by atoms with E-state index >= 15 is 0 Å². The summed E-state index contributed by atoms with van der Waals surface area (Å²) < 4.78 is 10.7. The van der Waals surface area contributed by atoms with Gasteiger partial charge in [-0.25, -0.2) is 0 Å². The van der Waals surface area contributed by atoms with E-state index in [2.05, 4.69) is 0 Å². The third-order valence-corrected chi connectivity index (χ3v) is 4.65. The van der Waals surface area contributed by atoms with Crippen LogP contribution < -0.4 is 15.4 Å². The Kier molecular flexibility index (Phi) is 9.15. The Morgan fingerprint density at radius 3 is 2.47 bits per heavy atom. The minimum atomic E-state index is -0.517. The number of esters is 1. The molecule has 2 aromatic carbocycles. The first-order valence-electron chi connectivity index (χ1n) is 9.55. The van der Waals surface area contributed by atoms with Crippen LogP contribution >= 0.6 is 11.6 Å². The summed E-state index contributed by atoms with van der Waals surface area (Å²) in [6.45, 7) is 1.92. The summed E-state index contributed by atoms with van der Waals surface area (Å²) in [5, 5.41) is 0.663. The Balaban J connectivity index is 1.76. The van der Waals surface area contributed by atoms with Gasteiger partial charge in [-0.1, -0.05) is 29.8 Å². The van der Waals surface area contributed by atoms with Crippen LogP contribution in [0.1, 0.15) is 24.8 Å². The lowest BCUT2D eigenvalue weighted by atomic mass is 10.2. The Hall–Kier alpha value is -3.06. The van der Waals surface area contributed by atoms with E-state index in [1.54, 1.807) is 36.4 Å². The standard InChI is InChI=1S/C22H25ClN2O5/c1-16-14-18(9-10-19(16)23)29-13-5-8-22(28)30-15-21(27)25(12-11-20(24)26)17-6-3-2-4-7-17/h2-4,6-7,9-10,14H,5,8,11-13,15H2,1H3,(H2,24,26). The predicted molar refractivity (Wildman–Crippen MR) is 114 cm³/mol. The summed E-state index contributed by atoms with van der Waals surface area (Å²) in [4.78, 5) is 36.9. The number of hydrogen-bond donors (Lipinski definition) is 1. The van der Waals surface area contributed by atoms with E-state index in [0.29, 0.717) is 29.5 Å². The molecule has 0 aliphatic rings. The SMILES string of the molecule is Cc1cc(OCCCC(=O)OCC(=O)N(CCC(N)=O)c2ccccc2)ccc1Cl. The van der Waals surface area contributed by atoms with Gasteiger partial charge in [-0.05, 0) is 49.2 Å². The summed E-state index contributed by atoms with van der Waals surface area (Å²) in [5.74, 6) is -0.768. The van der Waals surface area contributed by atoms with Crippen molar-refractivity contribution in [1.29, 1.82) is 0 Å². The Labute approximate surface area is 180 Å². The number of benzene rings is 2. The molecule has 0 saturated carbocycles. The number of nitrogens with two attached hydrogens (primary N) is 1. The number of aryl methyl sites for hydroxylation is 1. The highest BCUT2D eigenvalue weighted by atomic mass is 35.5. The van der Waals surface area contributed by atoms with E-state index in [4.69, 9.17) is 26.8 Å². The maximum Gasteiger partial charge on any atom is 0.306 e. The van der Waals surface area contributed by atoms with Crippen LogP contribution in [-0.4, -0.2) is 37.5 Å². The zero-order valence-electron chi connectivity index (χ0n) is 16.8. The molecule has 160 valence electrons. The van der Waals surface area contributed by atoms with Gasteiger partial charge in [-0.3, -0.25) is 14.4 Å². The van der Waals surface area contributed by atoms with Crippen LogP contribution in [0.3, 0.4) is 0 Å². The van der Waals surface area contributed by atoms with Crippen molar-refractivity contribution in [3.8, 4) is 5.75 Å². The molecule has 2 amide bonds. The van der Waals surface area contributed by atoms with Gasteiger partial charge in [-0.2, -0.15) is 0 Å². The number of nitrogens with zero attached hydrogens (tertiary/aromatic N) is 1. The molecule has 0 aliphatic carbocycles. The molecule has 0 atom stereocenters. The van der Waals surface area contributed by atoms with Crippen LogP contribution in [0, 0.1) is 6.92 Å². The van der Waals surface area contributed by atoms with Crippen molar-refractivity contribution < 1.29 is 23.9 Å². The normalized spacial score (nSPS) is 10.3. The van der Waals surface area contributed by atoms with Crippen molar-refractivity contribution >= 4 is 35.1 Å². The minimum absolute atomic E-state index is 0.0100. The first-order valence-corrected chi connectivity index (χ1v) is 9.93. The Bertz CT molecular complexity index is 873. The molecule has 2 rings (SSSR count). The van der Waals surface area contributed by atoms with Crippen LogP contribution in [0.5, 0.6) is 5.75 Å². The number of para-hydroxylation sites is 1. The molecule has 0 aromatic heterocycles. The highest BCUT2D eigenvalue weighted by Crippen LogP contribution is 2.21. The molecule has 0 unspecified atom stereocenters. The summed E-state index contributed by atoms with van der Waals surface area (Å²) in [6.07, 6.45) is 0.571. The van der Waals surface area contributed by atoms with Crippen molar-refractivity contribution in [2.45, 2.75) is 26.2 Å². The zero-order valence-corrected chi connectivity index (χ0v) is 17.6. The number of amides is 2. The van der Waals surface area contributed by atoms with Gasteiger partial charge < -0.3 is 20.1 Å². The number of halogens is 1. The van der Waals surface area contributed by atoms with Gasteiger partial charge in [0.2, 0.25) is 5.91 Å². The van der Waals surface area contributed by atoms with Crippen LogP contribution in [0.15, 0.2) is 48.5 Å². The fourth-order valence-corrected chi connectivity index (χ4v) is 2.75. The lowest BCUT2D eigenvalue weighted by Gasteiger charge is -2.22. The molecule has 0 heterocycles. The van der Waals surface area contributed by atoms with E-state index in [1.807, 2.05) is 19.1 Å². The first-order chi connectivity index (χ1) is 14.4. The molecule has 30 heavy (non-hydrogen) atoms. The largest absolute Gasteiger partial charge is 0.494 e.